The van der Waals surface area contributed by atoms with Crippen LogP contribution in [0.4, 0.5) is 5.69 Å². The minimum atomic E-state index is -0.0328. The van der Waals surface area contributed by atoms with Crippen LogP contribution in [0.15, 0.2) is 12.1 Å². The number of H-pyrrole nitrogens is 1. The van der Waals surface area contributed by atoms with Crippen molar-refractivity contribution >= 4 is 34.1 Å². The summed E-state index contributed by atoms with van der Waals surface area (Å²) in [6.07, 6.45) is 0. The molecule has 2 heterocycles. The summed E-state index contributed by atoms with van der Waals surface area (Å²) in [5.74, 6) is 1.71. The van der Waals surface area contributed by atoms with Crippen LogP contribution in [0.5, 0.6) is 5.75 Å². The fourth-order valence-electron chi connectivity index (χ4n) is 2.86. The summed E-state index contributed by atoms with van der Waals surface area (Å²) in [6.45, 7) is 10.3. The number of aromatic amines is 1. The van der Waals surface area contributed by atoms with Crippen LogP contribution in [0.25, 0.3) is 11.0 Å². The van der Waals surface area contributed by atoms with Gasteiger partial charge in [0.15, 0.2) is 5.11 Å². The monoisotopic (exact) mass is 361 g/mol. The Morgan fingerprint density at radius 1 is 1.24 bits per heavy atom. The quantitative estimate of drug-likeness (QED) is 0.802. The molecule has 3 rings (SSSR count). The molecule has 1 aliphatic heterocycles. The third-order valence-corrected chi connectivity index (χ3v) is 4.91. The molecule has 1 aromatic carbocycles. The van der Waals surface area contributed by atoms with Crippen LogP contribution >= 0.6 is 12.2 Å². The van der Waals surface area contributed by atoms with E-state index in [1.54, 1.807) is 7.11 Å². The molecule has 2 aromatic rings. The number of aromatic nitrogens is 2. The Kier molecular flexibility index (Phi) is 4.88. The minimum Gasteiger partial charge on any atom is -0.494 e. The number of anilines is 1. The summed E-state index contributed by atoms with van der Waals surface area (Å²) in [5, 5.41) is 4.09. The van der Waals surface area contributed by atoms with Crippen molar-refractivity contribution in [2.75, 3.05) is 45.7 Å². The largest absolute Gasteiger partial charge is 0.494 e. The summed E-state index contributed by atoms with van der Waals surface area (Å²) < 4.78 is 5.55. The second-order valence-electron chi connectivity index (χ2n) is 7.63. The van der Waals surface area contributed by atoms with Crippen molar-refractivity contribution in [2.45, 2.75) is 26.2 Å². The van der Waals surface area contributed by atoms with Gasteiger partial charge in [0.1, 0.15) is 11.6 Å². The molecule has 0 saturated carbocycles. The van der Waals surface area contributed by atoms with Gasteiger partial charge in [0.05, 0.1) is 23.8 Å². The lowest BCUT2D eigenvalue weighted by atomic mass is 9.96. The molecule has 1 fully saturated rings. The number of thiocarbonyl (C=S) groups is 1. The Bertz CT molecular complexity index is 772. The van der Waals surface area contributed by atoms with Crippen LogP contribution in [-0.4, -0.2) is 65.2 Å². The first-order valence-corrected chi connectivity index (χ1v) is 9.01. The van der Waals surface area contributed by atoms with Gasteiger partial charge in [-0.25, -0.2) is 4.98 Å². The fraction of sp³-hybridized carbons (Fsp3) is 0.556. The molecule has 25 heavy (non-hydrogen) atoms. The maximum absolute atomic E-state index is 5.60. The molecule has 0 spiro atoms. The van der Waals surface area contributed by atoms with Gasteiger partial charge in [-0.2, -0.15) is 0 Å². The van der Waals surface area contributed by atoms with E-state index in [9.17, 15) is 0 Å². The molecule has 0 bridgehead atoms. The van der Waals surface area contributed by atoms with Crippen LogP contribution in [-0.2, 0) is 5.41 Å². The van der Waals surface area contributed by atoms with Crippen molar-refractivity contribution in [3.05, 3.63) is 18.0 Å². The van der Waals surface area contributed by atoms with Crippen molar-refractivity contribution < 1.29 is 4.74 Å². The first kappa shape index (κ1) is 17.9. The first-order valence-electron chi connectivity index (χ1n) is 8.60. The molecule has 136 valence electrons. The van der Waals surface area contributed by atoms with E-state index in [1.165, 1.54) is 0 Å². The number of methoxy groups -OCH3 is 1. The standard InChI is InChI=1S/C18H27N5OS/c1-18(2,3)16-19-12-10-14(15(24-5)11-13(12)20-16)21-17(25)23-8-6-22(4)7-9-23/h10-11H,6-9H2,1-5H3,(H,19,20)(H,21,25). The van der Waals surface area contributed by atoms with Crippen LogP contribution in [0.2, 0.25) is 0 Å². The number of hydrogen-bond acceptors (Lipinski definition) is 4. The number of nitrogens with zero attached hydrogens (tertiary/aromatic N) is 3. The molecule has 7 heteroatoms. The molecule has 0 aliphatic carbocycles. The highest BCUT2D eigenvalue weighted by atomic mass is 32.1. The summed E-state index contributed by atoms with van der Waals surface area (Å²) in [4.78, 5) is 12.6. The molecule has 0 radical (unpaired) electrons. The smallest absolute Gasteiger partial charge is 0.173 e. The maximum Gasteiger partial charge on any atom is 0.173 e. The average molecular weight is 362 g/mol. The van der Waals surface area contributed by atoms with E-state index < -0.39 is 0 Å². The molecule has 6 nitrogen and oxygen atoms in total. The molecular formula is C18H27N5OS. The highest BCUT2D eigenvalue weighted by Gasteiger charge is 2.21. The number of fused-ring (bicyclic) bond motifs is 1. The van der Waals surface area contributed by atoms with Crippen molar-refractivity contribution in [1.29, 1.82) is 0 Å². The molecule has 0 amide bonds. The van der Waals surface area contributed by atoms with E-state index in [-0.39, 0.29) is 5.41 Å². The van der Waals surface area contributed by atoms with Gasteiger partial charge in [-0.05, 0) is 25.3 Å². The third-order valence-electron chi connectivity index (χ3n) is 4.55. The van der Waals surface area contributed by atoms with Gasteiger partial charge < -0.3 is 24.8 Å². The Labute approximate surface area is 154 Å². The predicted molar refractivity (Wildman–Crippen MR) is 107 cm³/mol. The van der Waals surface area contributed by atoms with Crippen molar-refractivity contribution in [2.24, 2.45) is 0 Å². The molecule has 1 aliphatic rings. The Morgan fingerprint density at radius 3 is 2.52 bits per heavy atom. The average Bonchev–Trinajstić information content (AvgIpc) is 2.97. The predicted octanol–water partition coefficient (Wildman–Crippen LogP) is 2.81. The van der Waals surface area contributed by atoms with E-state index in [0.717, 1.165) is 59.6 Å². The first-order chi connectivity index (χ1) is 11.8. The molecule has 2 N–H and O–H groups in total. The SMILES string of the molecule is COc1cc2nc(C(C)(C)C)[nH]c2cc1NC(=S)N1CCN(C)CC1. The molecule has 0 unspecified atom stereocenters. The van der Waals surface area contributed by atoms with Gasteiger partial charge in [0, 0.05) is 37.7 Å². The topological polar surface area (TPSA) is 56.4 Å². The Morgan fingerprint density at radius 2 is 1.92 bits per heavy atom. The van der Waals surface area contributed by atoms with E-state index in [1.807, 2.05) is 12.1 Å². The Balaban J connectivity index is 1.86. The Hall–Kier alpha value is -1.86. The highest BCUT2D eigenvalue weighted by Crippen LogP contribution is 2.31. The van der Waals surface area contributed by atoms with Crippen molar-refractivity contribution in [1.82, 2.24) is 19.8 Å². The number of imidazole rings is 1. The zero-order valence-electron chi connectivity index (χ0n) is 15.6. The number of piperazine rings is 1. The molecule has 1 aromatic heterocycles. The number of ether oxygens (including phenoxy) is 1. The zero-order valence-corrected chi connectivity index (χ0v) is 16.5. The lowest BCUT2D eigenvalue weighted by molar-refractivity contribution is 0.217. The molecule has 1 saturated heterocycles. The van der Waals surface area contributed by atoms with Gasteiger partial charge in [0.25, 0.3) is 0 Å². The number of hydrogen-bond donors (Lipinski definition) is 2. The summed E-state index contributed by atoms with van der Waals surface area (Å²) in [7, 11) is 3.80. The van der Waals surface area contributed by atoms with Gasteiger partial charge in [-0.15, -0.1) is 0 Å². The normalized spacial score (nSPS) is 16.3. The van der Waals surface area contributed by atoms with E-state index >= 15 is 0 Å². The van der Waals surface area contributed by atoms with Crippen LogP contribution in [0, 0.1) is 0 Å². The fourth-order valence-corrected chi connectivity index (χ4v) is 3.16. The molecule has 0 atom stereocenters. The molecular weight excluding hydrogens is 334 g/mol. The lowest BCUT2D eigenvalue weighted by Crippen LogP contribution is -2.48. The minimum absolute atomic E-state index is 0.0328. The highest BCUT2D eigenvalue weighted by molar-refractivity contribution is 7.80. The van der Waals surface area contributed by atoms with E-state index in [0.29, 0.717) is 0 Å². The van der Waals surface area contributed by atoms with Gasteiger partial charge in [-0.1, -0.05) is 20.8 Å². The van der Waals surface area contributed by atoms with Crippen LogP contribution in [0.3, 0.4) is 0 Å². The second kappa shape index (κ2) is 6.80. The number of rotatable bonds is 2. The summed E-state index contributed by atoms with van der Waals surface area (Å²) in [6, 6.07) is 3.98. The van der Waals surface area contributed by atoms with Gasteiger partial charge >= 0.3 is 0 Å². The number of likely N-dealkylation sites (N-methyl/N-ethyl adjacent to an activating group) is 1. The van der Waals surface area contributed by atoms with Gasteiger partial charge in [-0.3, -0.25) is 0 Å². The lowest BCUT2D eigenvalue weighted by Gasteiger charge is -2.34. The van der Waals surface area contributed by atoms with Crippen LogP contribution < -0.4 is 10.1 Å². The number of nitrogens with one attached hydrogen (secondary N) is 2. The third kappa shape index (κ3) is 3.88. The van der Waals surface area contributed by atoms with Crippen molar-refractivity contribution in [3.63, 3.8) is 0 Å². The van der Waals surface area contributed by atoms with E-state index in [4.69, 9.17) is 21.9 Å². The van der Waals surface area contributed by atoms with Crippen LogP contribution in [0.1, 0.15) is 26.6 Å². The zero-order chi connectivity index (χ0) is 18.2. The van der Waals surface area contributed by atoms with Crippen molar-refractivity contribution in [3.8, 4) is 5.75 Å². The van der Waals surface area contributed by atoms with Gasteiger partial charge in [0.2, 0.25) is 0 Å². The number of benzene rings is 1. The maximum atomic E-state index is 5.60. The summed E-state index contributed by atoms with van der Waals surface area (Å²) in [5.41, 5.74) is 2.71. The summed E-state index contributed by atoms with van der Waals surface area (Å²) >= 11 is 5.60. The van der Waals surface area contributed by atoms with E-state index in [2.05, 4.69) is 47.9 Å². The second-order valence-corrected chi connectivity index (χ2v) is 8.01.